The lowest BCUT2D eigenvalue weighted by Gasteiger charge is -2.30. The van der Waals surface area contributed by atoms with Crippen molar-refractivity contribution in [3.05, 3.63) is 36.0 Å². The molecule has 102 valence electrons. The standard InChI is InChI=1S/C16H22N2O/c1-13-11-15-5-3-4-6-16(15)18(13)14(2)12-17-7-9-19-10-8-17/h3-6,11,14H,7-10,12H2,1-2H3. The molecule has 0 bridgehead atoms. The van der Waals surface area contributed by atoms with Gasteiger partial charge in [-0.25, -0.2) is 0 Å². The molecule has 1 aromatic heterocycles. The minimum Gasteiger partial charge on any atom is -0.379 e. The van der Waals surface area contributed by atoms with Crippen LogP contribution in [0.2, 0.25) is 0 Å². The maximum absolute atomic E-state index is 5.42. The molecule has 19 heavy (non-hydrogen) atoms. The number of nitrogens with zero attached hydrogens (tertiary/aromatic N) is 2. The van der Waals surface area contributed by atoms with E-state index in [9.17, 15) is 0 Å². The molecule has 0 N–H and O–H groups in total. The lowest BCUT2D eigenvalue weighted by Crippen LogP contribution is -2.39. The smallest absolute Gasteiger partial charge is 0.0594 e. The van der Waals surface area contributed by atoms with Crippen LogP contribution in [0.5, 0.6) is 0 Å². The topological polar surface area (TPSA) is 17.4 Å². The Morgan fingerprint density at radius 1 is 1.21 bits per heavy atom. The Morgan fingerprint density at radius 3 is 2.74 bits per heavy atom. The van der Waals surface area contributed by atoms with Gasteiger partial charge in [0.2, 0.25) is 0 Å². The molecule has 2 aromatic rings. The fourth-order valence-corrected chi connectivity index (χ4v) is 3.14. The fourth-order valence-electron chi connectivity index (χ4n) is 3.14. The summed E-state index contributed by atoms with van der Waals surface area (Å²) in [5.74, 6) is 0. The number of para-hydroxylation sites is 1. The van der Waals surface area contributed by atoms with Crippen molar-refractivity contribution >= 4 is 10.9 Å². The number of rotatable bonds is 3. The predicted octanol–water partition coefficient (Wildman–Crippen LogP) is 2.84. The summed E-state index contributed by atoms with van der Waals surface area (Å²) in [6.45, 7) is 9.48. The molecule has 0 spiro atoms. The van der Waals surface area contributed by atoms with Gasteiger partial charge in [0.05, 0.1) is 13.2 Å². The van der Waals surface area contributed by atoms with Crippen molar-refractivity contribution < 1.29 is 4.74 Å². The van der Waals surface area contributed by atoms with Crippen LogP contribution in [0.3, 0.4) is 0 Å². The number of hydrogen-bond acceptors (Lipinski definition) is 2. The van der Waals surface area contributed by atoms with Crippen molar-refractivity contribution in [2.45, 2.75) is 19.9 Å². The molecule has 1 saturated heterocycles. The molecule has 3 nitrogen and oxygen atoms in total. The van der Waals surface area contributed by atoms with E-state index in [1.165, 1.54) is 16.6 Å². The first-order chi connectivity index (χ1) is 9.25. The normalized spacial score (nSPS) is 18.8. The molecule has 1 fully saturated rings. The Morgan fingerprint density at radius 2 is 1.95 bits per heavy atom. The lowest BCUT2D eigenvalue weighted by atomic mass is 10.2. The van der Waals surface area contributed by atoms with Gasteiger partial charge in [-0.05, 0) is 31.4 Å². The van der Waals surface area contributed by atoms with Gasteiger partial charge < -0.3 is 9.30 Å². The van der Waals surface area contributed by atoms with Crippen molar-refractivity contribution in [3.63, 3.8) is 0 Å². The average molecular weight is 258 g/mol. The SMILES string of the molecule is Cc1cc2ccccc2n1C(C)CN1CCOCC1. The molecule has 1 aliphatic heterocycles. The van der Waals surface area contributed by atoms with E-state index in [1.54, 1.807) is 0 Å². The van der Waals surface area contributed by atoms with Crippen LogP contribution < -0.4 is 0 Å². The van der Waals surface area contributed by atoms with Gasteiger partial charge in [0.1, 0.15) is 0 Å². The van der Waals surface area contributed by atoms with Crippen LogP contribution in [0, 0.1) is 6.92 Å². The van der Waals surface area contributed by atoms with E-state index in [4.69, 9.17) is 4.74 Å². The highest BCUT2D eigenvalue weighted by atomic mass is 16.5. The summed E-state index contributed by atoms with van der Waals surface area (Å²) < 4.78 is 7.88. The molecule has 1 unspecified atom stereocenters. The quantitative estimate of drug-likeness (QED) is 0.842. The minimum atomic E-state index is 0.498. The molecule has 0 saturated carbocycles. The van der Waals surface area contributed by atoms with Crippen molar-refractivity contribution in [2.24, 2.45) is 0 Å². The Bertz CT molecular complexity index is 555. The third kappa shape index (κ3) is 2.53. The average Bonchev–Trinajstić information content (AvgIpc) is 2.75. The number of hydrogen-bond donors (Lipinski definition) is 0. The first-order valence-electron chi connectivity index (χ1n) is 7.12. The van der Waals surface area contributed by atoms with E-state index in [0.717, 1.165) is 32.8 Å². The second-order valence-electron chi connectivity index (χ2n) is 5.48. The summed E-state index contributed by atoms with van der Waals surface area (Å²) in [5.41, 5.74) is 2.70. The van der Waals surface area contributed by atoms with Gasteiger partial charge in [-0.1, -0.05) is 18.2 Å². The first-order valence-corrected chi connectivity index (χ1v) is 7.12. The highest BCUT2D eigenvalue weighted by Gasteiger charge is 2.17. The molecule has 0 aliphatic carbocycles. The first kappa shape index (κ1) is 12.7. The number of aryl methyl sites for hydroxylation is 1. The molecule has 3 rings (SSSR count). The highest BCUT2D eigenvalue weighted by Crippen LogP contribution is 2.24. The summed E-state index contributed by atoms with van der Waals surface area (Å²) in [4.78, 5) is 2.50. The molecule has 1 aliphatic rings. The van der Waals surface area contributed by atoms with Crippen LogP contribution in [0.1, 0.15) is 18.7 Å². The monoisotopic (exact) mass is 258 g/mol. The molecule has 3 heteroatoms. The van der Waals surface area contributed by atoms with Gasteiger partial charge in [-0.2, -0.15) is 0 Å². The Hall–Kier alpha value is -1.32. The van der Waals surface area contributed by atoms with Crippen LogP contribution in [-0.4, -0.2) is 42.3 Å². The zero-order valence-electron chi connectivity index (χ0n) is 11.8. The third-order valence-electron chi connectivity index (χ3n) is 4.01. The zero-order valence-corrected chi connectivity index (χ0v) is 11.8. The van der Waals surface area contributed by atoms with Gasteiger partial charge in [0, 0.05) is 36.9 Å². The van der Waals surface area contributed by atoms with Crippen LogP contribution >= 0.6 is 0 Å². The largest absolute Gasteiger partial charge is 0.379 e. The Kier molecular flexibility index (Phi) is 3.58. The lowest BCUT2D eigenvalue weighted by molar-refractivity contribution is 0.0327. The minimum absolute atomic E-state index is 0.498. The van der Waals surface area contributed by atoms with Crippen molar-refractivity contribution in [3.8, 4) is 0 Å². The van der Waals surface area contributed by atoms with Crippen molar-refractivity contribution in [1.29, 1.82) is 0 Å². The van der Waals surface area contributed by atoms with Gasteiger partial charge in [-0.3, -0.25) is 4.90 Å². The zero-order chi connectivity index (χ0) is 13.2. The molecule has 0 radical (unpaired) electrons. The maximum atomic E-state index is 5.42. The van der Waals surface area contributed by atoms with Crippen LogP contribution in [0.4, 0.5) is 0 Å². The second kappa shape index (κ2) is 5.35. The highest BCUT2D eigenvalue weighted by molar-refractivity contribution is 5.81. The van der Waals surface area contributed by atoms with Gasteiger partial charge >= 0.3 is 0 Å². The van der Waals surface area contributed by atoms with E-state index < -0.39 is 0 Å². The molecule has 1 aromatic carbocycles. The van der Waals surface area contributed by atoms with E-state index >= 15 is 0 Å². The molecule has 1 atom stereocenters. The van der Waals surface area contributed by atoms with Crippen molar-refractivity contribution in [2.75, 3.05) is 32.8 Å². The van der Waals surface area contributed by atoms with E-state index in [-0.39, 0.29) is 0 Å². The van der Waals surface area contributed by atoms with E-state index in [1.807, 2.05) is 0 Å². The Labute approximate surface area is 114 Å². The summed E-state index contributed by atoms with van der Waals surface area (Å²) in [5, 5.41) is 1.34. The molecular weight excluding hydrogens is 236 g/mol. The number of morpholine rings is 1. The maximum Gasteiger partial charge on any atom is 0.0594 e. The number of ether oxygens (including phenoxy) is 1. The number of fused-ring (bicyclic) bond motifs is 1. The number of benzene rings is 1. The van der Waals surface area contributed by atoms with Gasteiger partial charge in [0.25, 0.3) is 0 Å². The molecule has 2 heterocycles. The van der Waals surface area contributed by atoms with E-state index in [2.05, 4.69) is 53.6 Å². The number of aromatic nitrogens is 1. The molecular formula is C16H22N2O. The Balaban J connectivity index is 1.84. The van der Waals surface area contributed by atoms with E-state index in [0.29, 0.717) is 6.04 Å². The van der Waals surface area contributed by atoms with Crippen molar-refractivity contribution in [1.82, 2.24) is 9.47 Å². The summed E-state index contributed by atoms with van der Waals surface area (Å²) in [7, 11) is 0. The van der Waals surface area contributed by atoms with Gasteiger partial charge in [-0.15, -0.1) is 0 Å². The van der Waals surface area contributed by atoms with Crippen LogP contribution in [0.15, 0.2) is 30.3 Å². The van der Waals surface area contributed by atoms with Gasteiger partial charge in [0.15, 0.2) is 0 Å². The van der Waals surface area contributed by atoms with Crippen LogP contribution in [0.25, 0.3) is 10.9 Å². The summed E-state index contributed by atoms with van der Waals surface area (Å²) >= 11 is 0. The van der Waals surface area contributed by atoms with Crippen LogP contribution in [-0.2, 0) is 4.74 Å². The summed E-state index contributed by atoms with van der Waals surface area (Å²) in [6.07, 6.45) is 0. The summed E-state index contributed by atoms with van der Waals surface area (Å²) in [6, 6.07) is 11.4. The third-order valence-corrected chi connectivity index (χ3v) is 4.01. The predicted molar refractivity (Wildman–Crippen MR) is 78.6 cm³/mol. The molecule has 0 amide bonds. The second-order valence-corrected chi connectivity index (χ2v) is 5.48. The fraction of sp³-hybridized carbons (Fsp3) is 0.500.